The lowest BCUT2D eigenvalue weighted by Crippen LogP contribution is -2.30. The quantitative estimate of drug-likeness (QED) is 0.496. The minimum absolute atomic E-state index is 0.0689. The second-order valence-corrected chi connectivity index (χ2v) is 3.12. The van der Waals surface area contributed by atoms with Crippen LogP contribution >= 0.6 is 0 Å². The summed E-state index contributed by atoms with van der Waals surface area (Å²) >= 11 is 0. The van der Waals surface area contributed by atoms with E-state index in [-0.39, 0.29) is 19.9 Å². The zero-order chi connectivity index (χ0) is 12.8. The summed E-state index contributed by atoms with van der Waals surface area (Å²) in [6.07, 6.45) is 0.965. The van der Waals surface area contributed by atoms with Crippen molar-refractivity contribution in [3.8, 4) is 5.75 Å². The van der Waals surface area contributed by atoms with Crippen molar-refractivity contribution in [3.63, 3.8) is 0 Å². The molecule has 0 spiro atoms. The molecule has 1 aromatic rings. The molecule has 1 aromatic heterocycles. The Kier molecular flexibility index (Phi) is 4.46. The van der Waals surface area contributed by atoms with Crippen LogP contribution in [-0.2, 0) is 21.0 Å². The van der Waals surface area contributed by atoms with Gasteiger partial charge in [-0.2, -0.15) is 0 Å². The van der Waals surface area contributed by atoms with E-state index >= 15 is 0 Å². The van der Waals surface area contributed by atoms with Crippen LogP contribution in [0, 0.1) is 0 Å². The fraction of sp³-hybridized carbons (Fsp3) is 0.444. The second-order valence-electron chi connectivity index (χ2n) is 3.12. The Morgan fingerprint density at radius 2 is 2.18 bits per heavy atom. The molecule has 0 saturated carbocycles. The average molecular weight is 244 g/mol. The van der Waals surface area contributed by atoms with Gasteiger partial charge in [-0.25, -0.2) is 4.79 Å². The van der Waals surface area contributed by atoms with Gasteiger partial charge in [-0.05, 0) is 0 Å². The van der Waals surface area contributed by atoms with Crippen molar-refractivity contribution in [2.75, 3.05) is 13.2 Å². The number of nitrogens with zero attached hydrogens (tertiary/aromatic N) is 1. The third kappa shape index (κ3) is 4.11. The van der Waals surface area contributed by atoms with E-state index in [1.807, 2.05) is 4.98 Å². The van der Waals surface area contributed by atoms with E-state index in [1.54, 1.807) is 0 Å². The summed E-state index contributed by atoms with van der Waals surface area (Å²) < 4.78 is 10.6. The van der Waals surface area contributed by atoms with Crippen molar-refractivity contribution in [3.05, 3.63) is 27.0 Å². The number of hydrogen-bond donors (Lipinski definition) is 2. The molecule has 0 amide bonds. The maximum atomic E-state index is 11.2. The van der Waals surface area contributed by atoms with Crippen molar-refractivity contribution in [1.29, 1.82) is 0 Å². The Bertz CT molecular complexity index is 503. The molecule has 0 aromatic carbocycles. The number of ether oxygens (including phenoxy) is 2. The zero-order valence-corrected chi connectivity index (χ0v) is 9.13. The van der Waals surface area contributed by atoms with E-state index in [4.69, 9.17) is 9.84 Å². The Morgan fingerprint density at radius 1 is 1.47 bits per heavy atom. The van der Waals surface area contributed by atoms with Gasteiger partial charge in [0.05, 0.1) is 12.8 Å². The van der Waals surface area contributed by atoms with Crippen LogP contribution in [0.2, 0.25) is 0 Å². The molecular weight excluding hydrogens is 232 g/mol. The van der Waals surface area contributed by atoms with Crippen molar-refractivity contribution >= 4 is 5.97 Å². The lowest BCUT2D eigenvalue weighted by Gasteiger charge is -2.06. The molecule has 0 atom stereocenters. The molecule has 0 saturated heterocycles. The summed E-state index contributed by atoms with van der Waals surface area (Å²) in [5, 5.41) is 9.07. The fourth-order valence-electron chi connectivity index (χ4n) is 1.00. The molecule has 94 valence electrons. The third-order valence-corrected chi connectivity index (χ3v) is 1.76. The largest absolute Gasteiger partial charge is 0.502 e. The first-order valence-electron chi connectivity index (χ1n) is 4.74. The van der Waals surface area contributed by atoms with Crippen LogP contribution in [0.4, 0.5) is 0 Å². The highest BCUT2D eigenvalue weighted by Gasteiger charge is 2.02. The van der Waals surface area contributed by atoms with Crippen LogP contribution < -0.4 is 11.2 Å². The number of H-pyrrole nitrogens is 1. The Hall–Kier alpha value is -2.09. The zero-order valence-electron chi connectivity index (χ0n) is 9.13. The Balaban J connectivity index is 2.47. The Morgan fingerprint density at radius 3 is 2.82 bits per heavy atom. The van der Waals surface area contributed by atoms with Gasteiger partial charge in [0.2, 0.25) is 0 Å². The van der Waals surface area contributed by atoms with Crippen molar-refractivity contribution in [2.24, 2.45) is 0 Å². The van der Waals surface area contributed by atoms with E-state index in [9.17, 15) is 14.4 Å². The maximum Gasteiger partial charge on any atom is 0.330 e. The molecule has 0 aliphatic rings. The first kappa shape index (κ1) is 13.0. The first-order chi connectivity index (χ1) is 8.00. The van der Waals surface area contributed by atoms with E-state index < -0.39 is 23.0 Å². The molecule has 1 heterocycles. The number of hydrogen-bond acceptors (Lipinski definition) is 6. The highest BCUT2D eigenvalue weighted by Crippen LogP contribution is 1.94. The van der Waals surface area contributed by atoms with Crippen molar-refractivity contribution in [1.82, 2.24) is 9.55 Å². The van der Waals surface area contributed by atoms with Gasteiger partial charge in [0, 0.05) is 6.92 Å². The molecule has 0 fully saturated rings. The van der Waals surface area contributed by atoms with Crippen LogP contribution in [0.5, 0.6) is 5.75 Å². The monoisotopic (exact) mass is 244 g/mol. The smallest absolute Gasteiger partial charge is 0.330 e. The predicted molar refractivity (Wildman–Crippen MR) is 55.6 cm³/mol. The molecule has 17 heavy (non-hydrogen) atoms. The number of carbonyl (C=O) groups excluding carboxylic acids is 1. The molecule has 8 nitrogen and oxygen atoms in total. The van der Waals surface area contributed by atoms with Crippen LogP contribution in [0.15, 0.2) is 15.8 Å². The number of aromatic hydroxyl groups is 1. The van der Waals surface area contributed by atoms with Crippen LogP contribution in [0.3, 0.4) is 0 Å². The van der Waals surface area contributed by atoms with Gasteiger partial charge in [-0.15, -0.1) is 0 Å². The summed E-state index contributed by atoms with van der Waals surface area (Å²) in [4.78, 5) is 34.3. The standard InChI is InChI=1S/C9H12N2O6/c1-6(12)17-3-2-16-5-11-4-7(13)8(14)10-9(11)15/h4,13H,2-3,5H2,1H3,(H,10,14,15). The first-order valence-corrected chi connectivity index (χ1v) is 4.74. The van der Waals surface area contributed by atoms with Gasteiger partial charge in [0.15, 0.2) is 5.75 Å². The van der Waals surface area contributed by atoms with Crippen LogP contribution in [0.25, 0.3) is 0 Å². The topological polar surface area (TPSA) is 111 Å². The summed E-state index contributed by atoms with van der Waals surface area (Å²) in [5.74, 6) is -0.999. The van der Waals surface area contributed by atoms with Crippen molar-refractivity contribution < 1.29 is 19.4 Å². The van der Waals surface area contributed by atoms with E-state index in [1.165, 1.54) is 6.92 Å². The highest BCUT2D eigenvalue weighted by atomic mass is 16.6. The Labute approximate surface area is 95.4 Å². The van der Waals surface area contributed by atoms with E-state index in [2.05, 4.69) is 4.74 Å². The number of rotatable bonds is 5. The van der Waals surface area contributed by atoms with E-state index in [0.29, 0.717) is 0 Å². The molecule has 0 unspecified atom stereocenters. The number of carbonyl (C=O) groups is 1. The second kappa shape index (κ2) is 5.85. The molecular formula is C9H12N2O6. The molecule has 0 aliphatic carbocycles. The maximum absolute atomic E-state index is 11.2. The summed E-state index contributed by atoms with van der Waals surface area (Å²) in [6.45, 7) is 1.28. The molecule has 0 bridgehead atoms. The molecule has 0 aliphatic heterocycles. The lowest BCUT2D eigenvalue weighted by molar-refractivity contribution is -0.142. The van der Waals surface area contributed by atoms with Gasteiger partial charge >= 0.3 is 11.7 Å². The minimum Gasteiger partial charge on any atom is -0.502 e. The van der Waals surface area contributed by atoms with Crippen molar-refractivity contribution in [2.45, 2.75) is 13.7 Å². The number of aromatic amines is 1. The summed E-state index contributed by atoms with van der Waals surface area (Å²) in [7, 11) is 0. The fourth-order valence-corrected chi connectivity index (χ4v) is 1.00. The third-order valence-electron chi connectivity index (χ3n) is 1.76. The van der Waals surface area contributed by atoms with E-state index in [0.717, 1.165) is 10.8 Å². The summed E-state index contributed by atoms with van der Waals surface area (Å²) in [5.41, 5.74) is -1.55. The summed E-state index contributed by atoms with van der Waals surface area (Å²) in [6, 6.07) is 0. The molecule has 0 radical (unpaired) electrons. The lowest BCUT2D eigenvalue weighted by atomic mass is 10.6. The molecule has 8 heteroatoms. The number of nitrogens with one attached hydrogen (secondary N) is 1. The molecule has 1 rings (SSSR count). The predicted octanol–water partition coefficient (Wildman–Crippen LogP) is -1.22. The number of aromatic nitrogens is 2. The average Bonchev–Trinajstić information content (AvgIpc) is 2.24. The normalized spacial score (nSPS) is 10.2. The minimum atomic E-state index is -0.855. The van der Waals surface area contributed by atoms with Gasteiger partial charge in [-0.3, -0.25) is 19.1 Å². The van der Waals surface area contributed by atoms with Gasteiger partial charge in [0.25, 0.3) is 5.56 Å². The molecule has 2 N–H and O–H groups in total. The number of esters is 1. The van der Waals surface area contributed by atoms with Gasteiger partial charge in [-0.1, -0.05) is 0 Å². The van der Waals surface area contributed by atoms with Crippen LogP contribution in [0.1, 0.15) is 6.92 Å². The van der Waals surface area contributed by atoms with Gasteiger partial charge in [0.1, 0.15) is 13.3 Å². The SMILES string of the molecule is CC(=O)OCCOCn1cc(O)c(=O)[nH]c1=O. The highest BCUT2D eigenvalue weighted by molar-refractivity contribution is 5.65. The van der Waals surface area contributed by atoms with Crippen LogP contribution in [-0.4, -0.2) is 33.8 Å². The van der Waals surface area contributed by atoms with Gasteiger partial charge < -0.3 is 14.6 Å².